The summed E-state index contributed by atoms with van der Waals surface area (Å²) in [5, 5.41) is 4.72. The summed E-state index contributed by atoms with van der Waals surface area (Å²) in [5.74, 6) is 2.51. The maximum absolute atomic E-state index is 5.24. The van der Waals surface area contributed by atoms with E-state index in [1.807, 2.05) is 28.9 Å². The van der Waals surface area contributed by atoms with E-state index >= 15 is 0 Å². The summed E-state index contributed by atoms with van der Waals surface area (Å²) < 4.78 is 7.22. The third-order valence-electron chi connectivity index (χ3n) is 5.11. The molecule has 0 unspecified atom stereocenters. The summed E-state index contributed by atoms with van der Waals surface area (Å²) in [6.07, 6.45) is 2.63. The van der Waals surface area contributed by atoms with Gasteiger partial charge in [-0.05, 0) is 68.8 Å². The minimum Gasteiger partial charge on any atom is -0.497 e. The Morgan fingerprint density at radius 1 is 1.00 bits per heavy atom. The number of methoxy groups -OCH3 is 1. The normalized spacial score (nSPS) is 14.6. The molecule has 1 aromatic heterocycles. The molecule has 2 aromatic carbocycles. The van der Waals surface area contributed by atoms with Gasteiger partial charge in [-0.3, -0.25) is 4.90 Å². The van der Waals surface area contributed by atoms with Crippen molar-refractivity contribution in [2.75, 3.05) is 20.2 Å². The lowest BCUT2D eigenvalue weighted by Crippen LogP contribution is -2.18. The number of ether oxygens (including phenoxy) is 1. The lowest BCUT2D eigenvalue weighted by molar-refractivity contribution is 0.331. The van der Waals surface area contributed by atoms with Crippen LogP contribution in [0.3, 0.4) is 0 Å². The largest absolute Gasteiger partial charge is 0.497 e. The minimum atomic E-state index is 0.749. The van der Waals surface area contributed by atoms with Gasteiger partial charge in [0.05, 0.1) is 7.11 Å². The Morgan fingerprint density at radius 3 is 2.48 bits per heavy atom. The van der Waals surface area contributed by atoms with E-state index in [4.69, 9.17) is 14.8 Å². The molecular formula is C22H26N4O. The molecule has 0 saturated carbocycles. The van der Waals surface area contributed by atoms with E-state index in [2.05, 4.69) is 36.1 Å². The van der Waals surface area contributed by atoms with Crippen LogP contribution in [-0.4, -0.2) is 39.9 Å². The highest BCUT2D eigenvalue weighted by Gasteiger charge is 2.15. The second-order valence-electron chi connectivity index (χ2n) is 6.99. The number of aromatic nitrogens is 3. The molecule has 4 rings (SSSR count). The monoisotopic (exact) mass is 362 g/mol. The maximum atomic E-state index is 5.24. The lowest BCUT2D eigenvalue weighted by atomic mass is 10.1. The van der Waals surface area contributed by atoms with Gasteiger partial charge in [0.25, 0.3) is 0 Å². The molecule has 0 spiro atoms. The average molecular weight is 362 g/mol. The van der Waals surface area contributed by atoms with Gasteiger partial charge in [0.1, 0.15) is 5.75 Å². The van der Waals surface area contributed by atoms with Gasteiger partial charge < -0.3 is 4.74 Å². The van der Waals surface area contributed by atoms with Crippen LogP contribution in [0, 0.1) is 0 Å². The molecule has 27 heavy (non-hydrogen) atoms. The first kappa shape index (κ1) is 17.7. The molecule has 1 fully saturated rings. The van der Waals surface area contributed by atoms with Crippen LogP contribution in [0.2, 0.25) is 0 Å². The predicted molar refractivity (Wildman–Crippen MR) is 108 cm³/mol. The van der Waals surface area contributed by atoms with E-state index in [1.54, 1.807) is 7.11 Å². The summed E-state index contributed by atoms with van der Waals surface area (Å²) in [4.78, 5) is 7.37. The molecule has 1 aliphatic heterocycles. The predicted octanol–water partition coefficient (Wildman–Crippen LogP) is 4.24. The molecule has 0 bridgehead atoms. The molecule has 1 saturated heterocycles. The molecule has 3 aromatic rings. The number of hydrogen-bond donors (Lipinski definition) is 0. The van der Waals surface area contributed by atoms with Crippen molar-refractivity contribution in [3.63, 3.8) is 0 Å². The topological polar surface area (TPSA) is 43.2 Å². The van der Waals surface area contributed by atoms with Gasteiger partial charge in [-0.25, -0.2) is 9.67 Å². The zero-order valence-corrected chi connectivity index (χ0v) is 16.1. The number of nitrogens with zero attached hydrogens (tertiary/aromatic N) is 4. The Labute approximate surface area is 160 Å². The van der Waals surface area contributed by atoms with Crippen molar-refractivity contribution in [1.29, 1.82) is 0 Å². The Morgan fingerprint density at radius 2 is 1.78 bits per heavy atom. The highest BCUT2D eigenvalue weighted by atomic mass is 16.5. The van der Waals surface area contributed by atoms with Crippen LogP contribution in [0.5, 0.6) is 5.75 Å². The highest BCUT2D eigenvalue weighted by Crippen LogP contribution is 2.25. The summed E-state index contributed by atoms with van der Waals surface area (Å²) >= 11 is 0. The fourth-order valence-electron chi connectivity index (χ4n) is 3.65. The number of likely N-dealkylation sites (tertiary alicyclic amines) is 1. The smallest absolute Gasteiger partial charge is 0.181 e. The Balaban J connectivity index is 1.63. The zero-order valence-electron chi connectivity index (χ0n) is 16.1. The average Bonchev–Trinajstić information content (AvgIpc) is 3.38. The van der Waals surface area contributed by atoms with E-state index in [1.165, 1.54) is 31.5 Å². The number of aryl methyl sites for hydroxylation is 1. The summed E-state index contributed by atoms with van der Waals surface area (Å²) in [7, 11) is 1.67. The summed E-state index contributed by atoms with van der Waals surface area (Å²) in [6.45, 7) is 6.31. The van der Waals surface area contributed by atoms with E-state index in [0.717, 1.165) is 41.6 Å². The molecule has 0 amide bonds. The first-order valence-electron chi connectivity index (χ1n) is 9.68. The van der Waals surface area contributed by atoms with Gasteiger partial charge in [0.2, 0.25) is 0 Å². The molecular weight excluding hydrogens is 336 g/mol. The zero-order chi connectivity index (χ0) is 18.6. The molecule has 1 aliphatic rings. The van der Waals surface area contributed by atoms with E-state index in [9.17, 15) is 0 Å². The molecule has 140 valence electrons. The van der Waals surface area contributed by atoms with Crippen LogP contribution in [0.1, 0.15) is 25.3 Å². The first-order valence-corrected chi connectivity index (χ1v) is 9.68. The molecule has 5 nitrogen and oxygen atoms in total. The van der Waals surface area contributed by atoms with Crippen LogP contribution < -0.4 is 4.74 Å². The Hall–Kier alpha value is -2.66. The van der Waals surface area contributed by atoms with Crippen LogP contribution in [0.4, 0.5) is 0 Å². The second-order valence-corrected chi connectivity index (χ2v) is 6.99. The van der Waals surface area contributed by atoms with Crippen LogP contribution in [0.25, 0.3) is 22.8 Å². The highest BCUT2D eigenvalue weighted by molar-refractivity contribution is 5.62. The standard InChI is InChI=1S/C22H26N4O/c1-3-26-22(23-21(24-26)18-9-11-20(27-2)12-10-18)19-8-6-7-17(15-19)16-25-13-4-5-14-25/h6-12,15H,3-5,13-14,16H2,1-2H3. The third kappa shape index (κ3) is 3.88. The van der Waals surface area contributed by atoms with Crippen molar-refractivity contribution in [2.24, 2.45) is 0 Å². The van der Waals surface area contributed by atoms with E-state index < -0.39 is 0 Å². The van der Waals surface area contributed by atoms with Crippen LogP contribution in [-0.2, 0) is 13.1 Å². The van der Waals surface area contributed by atoms with Crippen molar-refractivity contribution >= 4 is 0 Å². The SMILES string of the molecule is CCn1nc(-c2ccc(OC)cc2)nc1-c1cccc(CN2CCCC2)c1. The van der Waals surface area contributed by atoms with Crippen molar-refractivity contribution in [2.45, 2.75) is 32.9 Å². The summed E-state index contributed by atoms with van der Waals surface area (Å²) in [5.41, 5.74) is 3.46. The van der Waals surface area contributed by atoms with Crippen molar-refractivity contribution in [3.05, 3.63) is 54.1 Å². The van der Waals surface area contributed by atoms with E-state index in [-0.39, 0.29) is 0 Å². The molecule has 0 N–H and O–H groups in total. The Kier molecular flexibility index (Phi) is 5.21. The minimum absolute atomic E-state index is 0.749. The van der Waals surface area contributed by atoms with Gasteiger partial charge in [0.15, 0.2) is 11.6 Å². The van der Waals surface area contributed by atoms with Gasteiger partial charge >= 0.3 is 0 Å². The second kappa shape index (κ2) is 7.92. The van der Waals surface area contributed by atoms with Crippen LogP contribution in [0.15, 0.2) is 48.5 Å². The lowest BCUT2D eigenvalue weighted by Gasteiger charge is -2.15. The van der Waals surface area contributed by atoms with Crippen molar-refractivity contribution < 1.29 is 4.74 Å². The van der Waals surface area contributed by atoms with Crippen molar-refractivity contribution in [1.82, 2.24) is 19.7 Å². The first-order chi connectivity index (χ1) is 13.3. The molecule has 0 atom stereocenters. The fourth-order valence-corrected chi connectivity index (χ4v) is 3.65. The van der Waals surface area contributed by atoms with E-state index in [0.29, 0.717) is 0 Å². The fraction of sp³-hybridized carbons (Fsp3) is 0.364. The number of hydrogen-bond acceptors (Lipinski definition) is 4. The maximum Gasteiger partial charge on any atom is 0.181 e. The number of benzene rings is 2. The summed E-state index contributed by atoms with van der Waals surface area (Å²) in [6, 6.07) is 16.6. The van der Waals surface area contributed by atoms with Gasteiger partial charge in [-0.1, -0.05) is 18.2 Å². The Bertz CT molecular complexity index is 895. The quantitative estimate of drug-likeness (QED) is 0.658. The molecule has 0 radical (unpaired) electrons. The van der Waals surface area contributed by atoms with Gasteiger partial charge in [-0.15, -0.1) is 0 Å². The third-order valence-corrected chi connectivity index (χ3v) is 5.11. The van der Waals surface area contributed by atoms with Gasteiger partial charge in [-0.2, -0.15) is 5.10 Å². The van der Waals surface area contributed by atoms with Crippen molar-refractivity contribution in [3.8, 4) is 28.5 Å². The van der Waals surface area contributed by atoms with Gasteiger partial charge in [0, 0.05) is 24.2 Å². The number of rotatable bonds is 6. The molecule has 0 aliphatic carbocycles. The van der Waals surface area contributed by atoms with Crippen LogP contribution >= 0.6 is 0 Å². The molecule has 2 heterocycles. The molecule has 5 heteroatoms.